The SMILES string of the molecule is Cc1ccccc1C1(O)CCC(C(C)(C)Nc2ccc(Cl)cc2)CC1. The minimum atomic E-state index is -0.682. The van der Waals surface area contributed by atoms with Crippen molar-refractivity contribution in [3.05, 3.63) is 64.7 Å². The summed E-state index contributed by atoms with van der Waals surface area (Å²) in [6, 6.07) is 16.1. The van der Waals surface area contributed by atoms with Gasteiger partial charge in [-0.15, -0.1) is 0 Å². The van der Waals surface area contributed by atoms with Gasteiger partial charge < -0.3 is 10.4 Å². The van der Waals surface area contributed by atoms with Crippen LogP contribution in [0.2, 0.25) is 5.02 Å². The summed E-state index contributed by atoms with van der Waals surface area (Å²) in [5.41, 5.74) is 2.66. The Morgan fingerprint density at radius 1 is 1.04 bits per heavy atom. The summed E-state index contributed by atoms with van der Waals surface area (Å²) in [4.78, 5) is 0. The van der Waals surface area contributed by atoms with E-state index in [2.05, 4.69) is 38.2 Å². The van der Waals surface area contributed by atoms with Gasteiger partial charge in [0, 0.05) is 16.2 Å². The molecule has 3 rings (SSSR count). The second kappa shape index (κ2) is 7.01. The van der Waals surface area contributed by atoms with Gasteiger partial charge in [-0.1, -0.05) is 35.9 Å². The molecule has 0 aliphatic heterocycles. The van der Waals surface area contributed by atoms with E-state index in [-0.39, 0.29) is 5.54 Å². The largest absolute Gasteiger partial charge is 0.385 e. The summed E-state index contributed by atoms with van der Waals surface area (Å²) in [6.45, 7) is 6.60. The van der Waals surface area contributed by atoms with Crippen LogP contribution in [0.1, 0.15) is 50.7 Å². The van der Waals surface area contributed by atoms with E-state index in [1.54, 1.807) is 0 Å². The Hall–Kier alpha value is -1.51. The monoisotopic (exact) mass is 357 g/mol. The molecule has 1 saturated carbocycles. The summed E-state index contributed by atoms with van der Waals surface area (Å²) < 4.78 is 0. The van der Waals surface area contributed by atoms with Crippen LogP contribution >= 0.6 is 11.6 Å². The number of nitrogens with one attached hydrogen (secondary N) is 1. The van der Waals surface area contributed by atoms with E-state index in [4.69, 9.17) is 11.6 Å². The maximum absolute atomic E-state index is 11.2. The molecule has 3 heteroatoms. The van der Waals surface area contributed by atoms with Crippen molar-refractivity contribution < 1.29 is 5.11 Å². The molecule has 134 valence electrons. The second-order valence-corrected chi connectivity index (χ2v) is 8.41. The molecular weight excluding hydrogens is 330 g/mol. The molecule has 2 aromatic rings. The Bertz CT molecular complexity index is 715. The molecule has 0 bridgehead atoms. The first-order valence-electron chi connectivity index (χ1n) is 9.12. The van der Waals surface area contributed by atoms with Gasteiger partial charge in [-0.2, -0.15) is 0 Å². The number of aliphatic hydroxyl groups is 1. The van der Waals surface area contributed by atoms with Crippen LogP contribution in [0.4, 0.5) is 5.69 Å². The van der Waals surface area contributed by atoms with Gasteiger partial charge in [-0.25, -0.2) is 0 Å². The molecule has 0 unspecified atom stereocenters. The van der Waals surface area contributed by atoms with Gasteiger partial charge in [0.15, 0.2) is 0 Å². The first kappa shape index (κ1) is 18.3. The van der Waals surface area contributed by atoms with Crippen LogP contribution < -0.4 is 5.32 Å². The zero-order chi connectivity index (χ0) is 18.1. The highest BCUT2D eigenvalue weighted by Crippen LogP contribution is 2.44. The lowest BCUT2D eigenvalue weighted by Gasteiger charge is -2.44. The van der Waals surface area contributed by atoms with Crippen molar-refractivity contribution in [1.29, 1.82) is 0 Å². The van der Waals surface area contributed by atoms with E-state index in [0.717, 1.165) is 42.0 Å². The van der Waals surface area contributed by atoms with Crippen LogP contribution in [0.25, 0.3) is 0 Å². The van der Waals surface area contributed by atoms with E-state index in [1.807, 2.05) is 36.4 Å². The Balaban J connectivity index is 1.68. The summed E-state index contributed by atoms with van der Waals surface area (Å²) in [5, 5.41) is 15.6. The lowest BCUT2D eigenvalue weighted by atomic mass is 9.69. The van der Waals surface area contributed by atoms with Crippen molar-refractivity contribution in [2.75, 3.05) is 5.32 Å². The van der Waals surface area contributed by atoms with Gasteiger partial charge in [-0.05, 0) is 87.8 Å². The lowest BCUT2D eigenvalue weighted by molar-refractivity contribution is -0.0215. The van der Waals surface area contributed by atoms with Crippen molar-refractivity contribution in [3.8, 4) is 0 Å². The highest BCUT2D eigenvalue weighted by Gasteiger charge is 2.40. The smallest absolute Gasteiger partial charge is 0.0899 e. The molecule has 25 heavy (non-hydrogen) atoms. The fourth-order valence-electron chi connectivity index (χ4n) is 4.19. The third kappa shape index (κ3) is 4.02. The van der Waals surface area contributed by atoms with Crippen molar-refractivity contribution in [2.24, 2.45) is 5.92 Å². The Morgan fingerprint density at radius 3 is 2.24 bits per heavy atom. The third-order valence-electron chi connectivity index (χ3n) is 5.79. The molecule has 1 aliphatic carbocycles. The number of halogens is 1. The average Bonchev–Trinajstić information content (AvgIpc) is 2.57. The van der Waals surface area contributed by atoms with Crippen molar-refractivity contribution in [1.82, 2.24) is 0 Å². The van der Waals surface area contributed by atoms with Gasteiger partial charge in [0.2, 0.25) is 0 Å². The fourth-order valence-corrected chi connectivity index (χ4v) is 4.31. The van der Waals surface area contributed by atoms with Crippen LogP contribution in [-0.4, -0.2) is 10.6 Å². The second-order valence-electron chi connectivity index (χ2n) is 7.97. The number of aryl methyl sites for hydroxylation is 1. The van der Waals surface area contributed by atoms with Crippen LogP contribution in [-0.2, 0) is 5.60 Å². The number of rotatable bonds is 4. The quantitative estimate of drug-likeness (QED) is 0.712. The van der Waals surface area contributed by atoms with Crippen molar-refractivity contribution >= 4 is 17.3 Å². The van der Waals surface area contributed by atoms with E-state index in [0.29, 0.717) is 5.92 Å². The number of hydrogen-bond donors (Lipinski definition) is 2. The number of benzene rings is 2. The standard InChI is InChI=1S/C22H28ClNO/c1-16-6-4-5-7-20(16)22(25)14-12-17(13-15-22)21(2,3)24-19-10-8-18(23)9-11-19/h4-11,17,24-25H,12-15H2,1-3H3. The number of anilines is 1. The molecule has 0 saturated heterocycles. The molecule has 0 amide bonds. The van der Waals surface area contributed by atoms with E-state index >= 15 is 0 Å². The highest BCUT2D eigenvalue weighted by molar-refractivity contribution is 6.30. The predicted octanol–water partition coefficient (Wildman–Crippen LogP) is 5.92. The van der Waals surface area contributed by atoms with E-state index < -0.39 is 5.60 Å². The minimum Gasteiger partial charge on any atom is -0.385 e. The minimum absolute atomic E-state index is 0.0269. The molecule has 1 fully saturated rings. The summed E-state index contributed by atoms with van der Waals surface area (Å²) in [6.07, 6.45) is 3.65. The maximum atomic E-state index is 11.2. The van der Waals surface area contributed by atoms with E-state index in [9.17, 15) is 5.11 Å². The Morgan fingerprint density at radius 2 is 1.64 bits per heavy atom. The molecule has 0 heterocycles. The van der Waals surface area contributed by atoms with Gasteiger partial charge in [0.25, 0.3) is 0 Å². The molecule has 0 spiro atoms. The van der Waals surface area contributed by atoms with Gasteiger partial charge in [-0.3, -0.25) is 0 Å². The lowest BCUT2D eigenvalue weighted by Crippen LogP contribution is -2.44. The first-order valence-corrected chi connectivity index (χ1v) is 9.50. The zero-order valence-electron chi connectivity index (χ0n) is 15.3. The summed E-state index contributed by atoms with van der Waals surface area (Å²) in [7, 11) is 0. The van der Waals surface area contributed by atoms with Gasteiger partial charge in [0.05, 0.1) is 5.60 Å². The molecule has 2 nitrogen and oxygen atoms in total. The molecule has 0 atom stereocenters. The fraction of sp³-hybridized carbons (Fsp3) is 0.455. The number of hydrogen-bond acceptors (Lipinski definition) is 2. The van der Waals surface area contributed by atoms with Crippen molar-refractivity contribution in [3.63, 3.8) is 0 Å². The molecular formula is C22H28ClNO. The van der Waals surface area contributed by atoms with Crippen LogP contribution in [0.15, 0.2) is 48.5 Å². The first-order chi connectivity index (χ1) is 11.8. The molecule has 2 N–H and O–H groups in total. The van der Waals surface area contributed by atoms with Crippen LogP contribution in [0.5, 0.6) is 0 Å². The Labute approximate surface area is 156 Å². The highest BCUT2D eigenvalue weighted by atomic mass is 35.5. The van der Waals surface area contributed by atoms with Gasteiger partial charge in [0.1, 0.15) is 0 Å². The predicted molar refractivity (Wildman–Crippen MR) is 106 cm³/mol. The molecule has 1 aliphatic rings. The normalized spacial score (nSPS) is 24.1. The third-order valence-corrected chi connectivity index (χ3v) is 6.04. The van der Waals surface area contributed by atoms with Gasteiger partial charge >= 0.3 is 0 Å². The summed E-state index contributed by atoms with van der Waals surface area (Å²) in [5.74, 6) is 0.521. The van der Waals surface area contributed by atoms with E-state index in [1.165, 1.54) is 5.56 Å². The maximum Gasteiger partial charge on any atom is 0.0899 e. The molecule has 0 aromatic heterocycles. The van der Waals surface area contributed by atoms with Crippen molar-refractivity contribution in [2.45, 2.75) is 57.6 Å². The van der Waals surface area contributed by atoms with Crippen LogP contribution in [0, 0.1) is 12.8 Å². The van der Waals surface area contributed by atoms with Crippen LogP contribution in [0.3, 0.4) is 0 Å². The molecule has 2 aromatic carbocycles. The topological polar surface area (TPSA) is 32.3 Å². The Kier molecular flexibility index (Phi) is 5.13. The zero-order valence-corrected chi connectivity index (χ0v) is 16.1. The molecule has 0 radical (unpaired) electrons. The average molecular weight is 358 g/mol. The summed E-state index contributed by atoms with van der Waals surface area (Å²) >= 11 is 5.98.